The number of rotatable bonds is 7. The first-order chi connectivity index (χ1) is 11.7. The van der Waals surface area contributed by atoms with Crippen molar-refractivity contribution in [2.75, 3.05) is 13.7 Å². The molecule has 0 bridgehead atoms. The van der Waals surface area contributed by atoms with Crippen LogP contribution in [-0.2, 0) is 9.53 Å². The number of cyclic esters (lactones) is 1. The number of ketones is 1. The number of hydrogen-bond donors (Lipinski definition) is 0. The number of hydrogen-bond acceptors (Lipinski definition) is 4. The molecule has 1 fully saturated rings. The molecule has 1 aromatic rings. The molecule has 1 aromatic carbocycles. The highest BCUT2D eigenvalue weighted by Gasteiger charge is 2.39. The van der Waals surface area contributed by atoms with E-state index in [1.807, 2.05) is 0 Å². The van der Waals surface area contributed by atoms with Crippen LogP contribution in [0, 0.1) is 11.8 Å². The van der Waals surface area contributed by atoms with E-state index in [1.165, 1.54) is 0 Å². The highest BCUT2D eigenvalue weighted by atomic mass is 28.3. The van der Waals surface area contributed by atoms with E-state index < -0.39 is 14.0 Å². The largest absolute Gasteiger partial charge is 0.497 e. The molecule has 0 saturated carbocycles. The Balaban J connectivity index is 2.16. The lowest BCUT2D eigenvalue weighted by molar-refractivity contribution is -0.155. The van der Waals surface area contributed by atoms with Gasteiger partial charge in [0, 0.05) is 19.6 Å². The molecule has 2 atom stereocenters. The minimum absolute atomic E-state index is 0.00473. The van der Waals surface area contributed by atoms with Crippen LogP contribution in [0.5, 0.6) is 5.75 Å². The van der Waals surface area contributed by atoms with Crippen LogP contribution in [0.4, 0.5) is 0 Å². The fraction of sp³-hybridized carbons (Fsp3) is 0.500. The molecular weight excluding hydrogens is 332 g/mol. The van der Waals surface area contributed by atoms with E-state index >= 15 is 0 Å². The molecule has 1 aliphatic rings. The second kappa shape index (κ2) is 8.00. The Bertz CT molecular complexity index is 643. The SMILES string of the molecule is C=C(C[C@@H]1C(=O)OCC[C@H]1C(=O)c1ccc(OC)cc1)C[Si](C)(C)C. The summed E-state index contributed by atoms with van der Waals surface area (Å²) in [5.74, 6) is -0.320. The Labute approximate surface area is 151 Å². The molecule has 0 unspecified atom stereocenters. The second-order valence-electron chi connectivity index (χ2n) is 7.95. The van der Waals surface area contributed by atoms with Crippen molar-refractivity contribution in [2.24, 2.45) is 11.8 Å². The van der Waals surface area contributed by atoms with Gasteiger partial charge in [0.15, 0.2) is 5.78 Å². The molecule has 136 valence electrons. The first-order valence-corrected chi connectivity index (χ1v) is 12.4. The topological polar surface area (TPSA) is 52.6 Å². The molecule has 0 aromatic heterocycles. The summed E-state index contributed by atoms with van der Waals surface area (Å²) in [6.07, 6.45) is 1.11. The van der Waals surface area contributed by atoms with Crippen molar-refractivity contribution in [3.05, 3.63) is 42.0 Å². The van der Waals surface area contributed by atoms with Crippen LogP contribution in [0.2, 0.25) is 25.7 Å². The summed E-state index contributed by atoms with van der Waals surface area (Å²) >= 11 is 0. The van der Waals surface area contributed by atoms with Crippen molar-refractivity contribution in [2.45, 2.75) is 38.5 Å². The first-order valence-electron chi connectivity index (χ1n) is 8.73. The molecule has 0 radical (unpaired) electrons. The summed E-state index contributed by atoms with van der Waals surface area (Å²) in [5, 5.41) is 0. The standard InChI is InChI=1S/C20H28O4Si/c1-14(13-25(3,4)5)12-18-17(10-11-24-20(18)22)19(21)15-6-8-16(23-2)9-7-15/h6-9,17-18H,1,10-13H2,2-5H3/t17-,18+/m1/s1. The predicted octanol–water partition coefficient (Wildman–Crippen LogP) is 4.34. The predicted molar refractivity (Wildman–Crippen MR) is 102 cm³/mol. The van der Waals surface area contributed by atoms with Crippen LogP contribution in [0.25, 0.3) is 0 Å². The quantitative estimate of drug-likeness (QED) is 0.314. The van der Waals surface area contributed by atoms with Gasteiger partial charge in [-0.05, 0) is 43.2 Å². The lowest BCUT2D eigenvalue weighted by Crippen LogP contribution is -2.37. The average molecular weight is 361 g/mol. The molecule has 1 heterocycles. The highest BCUT2D eigenvalue weighted by Crippen LogP contribution is 2.33. The van der Waals surface area contributed by atoms with Crippen molar-refractivity contribution in [3.8, 4) is 5.75 Å². The normalized spacial score (nSPS) is 20.7. The Kier molecular flexibility index (Phi) is 6.22. The van der Waals surface area contributed by atoms with E-state index in [-0.39, 0.29) is 17.7 Å². The second-order valence-corrected chi connectivity index (χ2v) is 13.4. The zero-order chi connectivity index (χ0) is 18.6. The van der Waals surface area contributed by atoms with E-state index in [4.69, 9.17) is 9.47 Å². The van der Waals surface area contributed by atoms with Crippen LogP contribution in [0.15, 0.2) is 36.4 Å². The Hall–Kier alpha value is -1.88. The molecule has 2 rings (SSSR count). The molecule has 0 spiro atoms. The maximum atomic E-state index is 13.0. The Morgan fingerprint density at radius 3 is 2.48 bits per heavy atom. The average Bonchev–Trinajstić information content (AvgIpc) is 2.54. The molecule has 1 saturated heterocycles. The van der Waals surface area contributed by atoms with E-state index in [0.29, 0.717) is 30.8 Å². The lowest BCUT2D eigenvalue weighted by Gasteiger charge is -2.30. The Morgan fingerprint density at radius 2 is 1.92 bits per heavy atom. The minimum Gasteiger partial charge on any atom is -0.497 e. The summed E-state index contributed by atoms with van der Waals surface area (Å²) in [6, 6.07) is 8.02. The van der Waals surface area contributed by atoms with E-state index in [1.54, 1.807) is 31.4 Å². The number of benzene rings is 1. The number of esters is 1. The Morgan fingerprint density at radius 1 is 1.28 bits per heavy atom. The molecule has 25 heavy (non-hydrogen) atoms. The van der Waals surface area contributed by atoms with Crippen molar-refractivity contribution >= 4 is 19.8 Å². The van der Waals surface area contributed by atoms with Crippen molar-refractivity contribution in [3.63, 3.8) is 0 Å². The maximum Gasteiger partial charge on any atom is 0.310 e. The summed E-state index contributed by atoms with van der Waals surface area (Å²) in [5.41, 5.74) is 1.66. The van der Waals surface area contributed by atoms with E-state index in [0.717, 1.165) is 11.6 Å². The third kappa shape index (κ3) is 5.29. The van der Waals surface area contributed by atoms with Gasteiger partial charge in [0.2, 0.25) is 0 Å². The molecule has 0 amide bonds. The fourth-order valence-electron chi connectivity index (χ4n) is 3.40. The van der Waals surface area contributed by atoms with Gasteiger partial charge in [0.25, 0.3) is 0 Å². The van der Waals surface area contributed by atoms with Crippen molar-refractivity contribution in [1.82, 2.24) is 0 Å². The molecule has 4 nitrogen and oxygen atoms in total. The summed E-state index contributed by atoms with van der Waals surface area (Å²) < 4.78 is 10.4. The zero-order valence-corrected chi connectivity index (χ0v) is 16.6. The first kappa shape index (κ1) is 19.4. The van der Waals surface area contributed by atoms with Gasteiger partial charge in [-0.25, -0.2) is 0 Å². The molecule has 0 aliphatic carbocycles. The van der Waals surface area contributed by atoms with Crippen LogP contribution in [-0.4, -0.2) is 33.5 Å². The van der Waals surface area contributed by atoms with Gasteiger partial charge in [-0.1, -0.05) is 25.2 Å². The summed E-state index contributed by atoms with van der Waals surface area (Å²) in [4.78, 5) is 25.3. The van der Waals surface area contributed by atoms with Gasteiger partial charge in [0.1, 0.15) is 5.75 Å². The van der Waals surface area contributed by atoms with Crippen LogP contribution >= 0.6 is 0 Å². The number of carbonyl (C=O) groups is 2. The third-order valence-corrected chi connectivity index (χ3v) is 6.02. The van der Waals surface area contributed by atoms with E-state index in [2.05, 4.69) is 26.2 Å². The van der Waals surface area contributed by atoms with Crippen LogP contribution < -0.4 is 4.74 Å². The van der Waals surface area contributed by atoms with Crippen molar-refractivity contribution < 1.29 is 19.1 Å². The molecule has 1 aliphatic heterocycles. The summed E-state index contributed by atoms with van der Waals surface area (Å²) in [7, 11) is 0.290. The highest BCUT2D eigenvalue weighted by molar-refractivity contribution is 6.76. The van der Waals surface area contributed by atoms with Crippen LogP contribution in [0.3, 0.4) is 0 Å². The number of methoxy groups -OCH3 is 1. The maximum absolute atomic E-state index is 13.0. The van der Waals surface area contributed by atoms with E-state index in [9.17, 15) is 9.59 Å². The number of ether oxygens (including phenoxy) is 2. The lowest BCUT2D eigenvalue weighted by atomic mass is 9.79. The molecule has 0 N–H and O–H groups in total. The number of allylic oxidation sites excluding steroid dienone is 1. The summed E-state index contributed by atoms with van der Waals surface area (Å²) in [6.45, 7) is 11.3. The monoisotopic (exact) mass is 360 g/mol. The minimum atomic E-state index is -1.30. The van der Waals surface area contributed by atoms with Crippen LogP contribution in [0.1, 0.15) is 23.2 Å². The van der Waals surface area contributed by atoms with Gasteiger partial charge >= 0.3 is 5.97 Å². The number of Topliss-reactive ketones (excluding diaryl/α,β-unsaturated/α-hetero) is 1. The molecule has 5 heteroatoms. The van der Waals surface area contributed by atoms with Gasteiger partial charge in [0.05, 0.1) is 19.6 Å². The smallest absolute Gasteiger partial charge is 0.310 e. The fourth-order valence-corrected chi connectivity index (χ4v) is 5.05. The third-order valence-electron chi connectivity index (χ3n) is 4.46. The molecular formula is C20H28O4Si. The number of carbonyl (C=O) groups excluding carboxylic acids is 2. The van der Waals surface area contributed by atoms with Gasteiger partial charge in [-0.15, -0.1) is 6.58 Å². The van der Waals surface area contributed by atoms with Crippen molar-refractivity contribution in [1.29, 1.82) is 0 Å². The van der Waals surface area contributed by atoms with Gasteiger partial charge in [-0.3, -0.25) is 9.59 Å². The van der Waals surface area contributed by atoms with Gasteiger partial charge in [-0.2, -0.15) is 0 Å². The van der Waals surface area contributed by atoms with Gasteiger partial charge < -0.3 is 9.47 Å². The zero-order valence-electron chi connectivity index (χ0n) is 15.6.